The number of rotatable bonds is 3. The normalized spacial score (nSPS) is 31.1. The lowest BCUT2D eigenvalue weighted by atomic mass is 10.2. The zero-order valence-electron chi connectivity index (χ0n) is 9.97. The van der Waals surface area contributed by atoms with E-state index in [1.54, 1.807) is 0 Å². The van der Waals surface area contributed by atoms with Crippen molar-refractivity contribution in [2.75, 3.05) is 26.2 Å². The molecule has 2 rings (SSSR count). The quantitative estimate of drug-likeness (QED) is 0.314. The van der Waals surface area contributed by atoms with Gasteiger partial charge in [-0.3, -0.25) is 9.80 Å². The van der Waals surface area contributed by atoms with Crippen molar-refractivity contribution < 1.29 is 5.21 Å². The zero-order chi connectivity index (χ0) is 11.5. The third kappa shape index (κ3) is 2.30. The maximum Gasteiger partial charge on any atom is 0.156 e. The van der Waals surface area contributed by atoms with Gasteiger partial charge < -0.3 is 10.9 Å². The molecule has 3 N–H and O–H groups in total. The third-order valence-electron chi connectivity index (χ3n) is 3.94. The molecule has 5 heteroatoms. The first-order valence-corrected chi connectivity index (χ1v) is 6.18. The van der Waals surface area contributed by atoms with Crippen molar-refractivity contribution in [1.29, 1.82) is 0 Å². The van der Waals surface area contributed by atoms with E-state index in [0.29, 0.717) is 11.9 Å². The SMILES string of the molecule is CC(C(N)=NO)N1CCC(N2CCCC2)C1. The Morgan fingerprint density at radius 3 is 2.69 bits per heavy atom. The molecule has 0 radical (unpaired) electrons. The van der Waals surface area contributed by atoms with E-state index >= 15 is 0 Å². The molecule has 0 aromatic heterocycles. The van der Waals surface area contributed by atoms with Gasteiger partial charge in [0.15, 0.2) is 5.84 Å². The summed E-state index contributed by atoms with van der Waals surface area (Å²) < 4.78 is 0. The van der Waals surface area contributed by atoms with Crippen molar-refractivity contribution >= 4 is 5.84 Å². The van der Waals surface area contributed by atoms with Crippen molar-refractivity contribution in [3.63, 3.8) is 0 Å². The summed E-state index contributed by atoms with van der Waals surface area (Å²) >= 11 is 0. The van der Waals surface area contributed by atoms with E-state index in [2.05, 4.69) is 15.0 Å². The first kappa shape index (κ1) is 11.7. The Balaban J connectivity index is 1.87. The van der Waals surface area contributed by atoms with Crippen LogP contribution in [0.15, 0.2) is 5.16 Å². The Bertz CT molecular complexity index is 263. The summed E-state index contributed by atoms with van der Waals surface area (Å²) in [7, 11) is 0. The van der Waals surface area contributed by atoms with Gasteiger partial charge in [0.1, 0.15) is 0 Å². The van der Waals surface area contributed by atoms with Crippen LogP contribution < -0.4 is 5.73 Å². The fourth-order valence-electron chi connectivity index (χ4n) is 2.80. The van der Waals surface area contributed by atoms with Crippen LogP contribution in [0.3, 0.4) is 0 Å². The average Bonchev–Trinajstić information content (AvgIpc) is 2.96. The first-order chi connectivity index (χ1) is 7.72. The highest BCUT2D eigenvalue weighted by molar-refractivity contribution is 5.84. The van der Waals surface area contributed by atoms with Crippen molar-refractivity contribution in [2.24, 2.45) is 10.9 Å². The van der Waals surface area contributed by atoms with E-state index in [0.717, 1.165) is 13.1 Å². The van der Waals surface area contributed by atoms with Crippen LogP contribution in [0.5, 0.6) is 0 Å². The monoisotopic (exact) mass is 226 g/mol. The van der Waals surface area contributed by atoms with Crippen molar-refractivity contribution in [1.82, 2.24) is 9.80 Å². The van der Waals surface area contributed by atoms with Gasteiger partial charge in [0, 0.05) is 19.1 Å². The van der Waals surface area contributed by atoms with Gasteiger partial charge in [-0.2, -0.15) is 0 Å². The van der Waals surface area contributed by atoms with E-state index in [1.165, 1.54) is 32.4 Å². The van der Waals surface area contributed by atoms with Crippen molar-refractivity contribution in [3.05, 3.63) is 0 Å². The largest absolute Gasteiger partial charge is 0.409 e. The molecule has 0 aliphatic carbocycles. The van der Waals surface area contributed by atoms with Crippen LogP contribution in [0.2, 0.25) is 0 Å². The number of nitrogens with two attached hydrogens (primary N) is 1. The minimum atomic E-state index is 0.0533. The van der Waals surface area contributed by atoms with E-state index in [9.17, 15) is 0 Å². The van der Waals surface area contributed by atoms with E-state index < -0.39 is 0 Å². The second-order valence-corrected chi connectivity index (χ2v) is 4.88. The predicted molar refractivity (Wildman–Crippen MR) is 63.7 cm³/mol. The second kappa shape index (κ2) is 5.01. The molecular formula is C11H22N4O. The van der Waals surface area contributed by atoms with Gasteiger partial charge in [-0.25, -0.2) is 0 Å². The summed E-state index contributed by atoms with van der Waals surface area (Å²) in [5.74, 6) is 0.321. The lowest BCUT2D eigenvalue weighted by molar-refractivity contribution is 0.223. The molecule has 16 heavy (non-hydrogen) atoms. The molecule has 2 atom stereocenters. The molecule has 0 aromatic carbocycles. The molecule has 2 aliphatic rings. The summed E-state index contributed by atoms with van der Waals surface area (Å²) in [6.45, 7) is 6.60. The van der Waals surface area contributed by atoms with Crippen LogP contribution in [-0.2, 0) is 0 Å². The highest BCUT2D eigenvalue weighted by atomic mass is 16.4. The third-order valence-corrected chi connectivity index (χ3v) is 3.94. The highest BCUT2D eigenvalue weighted by Gasteiger charge is 2.32. The molecule has 0 saturated carbocycles. The Morgan fingerprint density at radius 2 is 2.06 bits per heavy atom. The van der Waals surface area contributed by atoms with Gasteiger partial charge in [-0.15, -0.1) is 0 Å². The number of likely N-dealkylation sites (tertiary alicyclic amines) is 2. The summed E-state index contributed by atoms with van der Waals surface area (Å²) in [4.78, 5) is 4.89. The van der Waals surface area contributed by atoms with E-state index in [1.807, 2.05) is 6.92 Å². The standard InChI is InChI=1S/C11H22N4O/c1-9(11(12)13-16)15-7-4-10(8-15)14-5-2-3-6-14/h9-10,16H,2-8H2,1H3,(H2,12,13). The molecule has 0 spiro atoms. The highest BCUT2D eigenvalue weighted by Crippen LogP contribution is 2.21. The molecule has 92 valence electrons. The smallest absolute Gasteiger partial charge is 0.156 e. The molecule has 2 unspecified atom stereocenters. The topological polar surface area (TPSA) is 65.1 Å². The molecule has 0 bridgehead atoms. The number of nitrogens with zero attached hydrogens (tertiary/aromatic N) is 3. The van der Waals surface area contributed by atoms with Gasteiger partial charge in [-0.05, 0) is 39.3 Å². The van der Waals surface area contributed by atoms with Gasteiger partial charge in [-0.1, -0.05) is 5.16 Å². The van der Waals surface area contributed by atoms with Crippen LogP contribution in [0.4, 0.5) is 0 Å². The van der Waals surface area contributed by atoms with Crippen LogP contribution in [0.1, 0.15) is 26.2 Å². The minimum Gasteiger partial charge on any atom is -0.409 e. The van der Waals surface area contributed by atoms with Gasteiger partial charge in [0.05, 0.1) is 6.04 Å². The Hall–Kier alpha value is -0.810. The second-order valence-electron chi connectivity index (χ2n) is 4.88. The van der Waals surface area contributed by atoms with Gasteiger partial charge in [0.2, 0.25) is 0 Å². The van der Waals surface area contributed by atoms with Crippen molar-refractivity contribution in [3.8, 4) is 0 Å². The number of oxime groups is 1. The summed E-state index contributed by atoms with van der Waals surface area (Å²) in [6.07, 6.45) is 3.89. The Kier molecular flexibility index (Phi) is 3.66. The summed E-state index contributed by atoms with van der Waals surface area (Å²) in [5, 5.41) is 11.8. The van der Waals surface area contributed by atoms with E-state index in [-0.39, 0.29) is 6.04 Å². The van der Waals surface area contributed by atoms with Crippen LogP contribution in [0, 0.1) is 0 Å². The number of amidine groups is 1. The Labute approximate surface area is 96.9 Å². The summed E-state index contributed by atoms with van der Waals surface area (Å²) in [6, 6.07) is 0.731. The first-order valence-electron chi connectivity index (χ1n) is 6.18. The maximum atomic E-state index is 8.67. The number of hydrogen-bond acceptors (Lipinski definition) is 4. The predicted octanol–water partition coefficient (Wildman–Crippen LogP) is 0.291. The molecule has 2 aliphatic heterocycles. The van der Waals surface area contributed by atoms with Crippen molar-refractivity contribution in [2.45, 2.75) is 38.3 Å². The van der Waals surface area contributed by atoms with Crippen LogP contribution >= 0.6 is 0 Å². The average molecular weight is 226 g/mol. The molecule has 0 amide bonds. The van der Waals surface area contributed by atoms with E-state index in [4.69, 9.17) is 10.9 Å². The maximum absolute atomic E-state index is 8.67. The zero-order valence-corrected chi connectivity index (χ0v) is 9.97. The fraction of sp³-hybridized carbons (Fsp3) is 0.909. The lowest BCUT2D eigenvalue weighted by Gasteiger charge is -2.26. The minimum absolute atomic E-state index is 0.0533. The molecule has 2 saturated heterocycles. The van der Waals surface area contributed by atoms with Gasteiger partial charge >= 0.3 is 0 Å². The van der Waals surface area contributed by atoms with Crippen LogP contribution in [-0.4, -0.2) is 59.1 Å². The Morgan fingerprint density at radius 1 is 1.38 bits per heavy atom. The molecule has 2 fully saturated rings. The number of hydrogen-bond donors (Lipinski definition) is 2. The lowest BCUT2D eigenvalue weighted by Crippen LogP contribution is -2.43. The van der Waals surface area contributed by atoms with Crippen LogP contribution in [0.25, 0.3) is 0 Å². The molecule has 0 aromatic rings. The molecular weight excluding hydrogens is 204 g/mol. The molecule has 5 nitrogen and oxygen atoms in total. The molecule has 2 heterocycles. The summed E-state index contributed by atoms with van der Waals surface area (Å²) in [5.41, 5.74) is 5.64. The van der Waals surface area contributed by atoms with Gasteiger partial charge in [0.25, 0.3) is 0 Å². The fourth-order valence-corrected chi connectivity index (χ4v) is 2.80.